The van der Waals surface area contributed by atoms with Crippen LogP contribution >= 0.6 is 0 Å². The Hall–Kier alpha value is -2.97. The van der Waals surface area contributed by atoms with Gasteiger partial charge in [-0.15, -0.1) is 0 Å². The summed E-state index contributed by atoms with van der Waals surface area (Å²) in [5.41, 5.74) is 0.798. The normalized spacial score (nSPS) is 16.0. The molecule has 8 heteroatoms. The van der Waals surface area contributed by atoms with Crippen molar-refractivity contribution >= 4 is 6.08 Å². The second kappa shape index (κ2) is 10.8. The molecule has 0 atom stereocenters. The Balaban J connectivity index is 1.18. The van der Waals surface area contributed by atoms with Gasteiger partial charge in [-0.25, -0.2) is 0 Å². The number of aryl methyl sites for hydroxylation is 1. The first-order valence-electron chi connectivity index (χ1n) is 11.1. The molecule has 0 spiro atoms. The third kappa shape index (κ3) is 6.76. The van der Waals surface area contributed by atoms with E-state index in [-0.39, 0.29) is 5.82 Å². The first-order chi connectivity index (χ1) is 16.0. The predicted octanol–water partition coefficient (Wildman–Crippen LogP) is 5.02. The van der Waals surface area contributed by atoms with Crippen LogP contribution in [-0.2, 0) is 12.6 Å². The zero-order chi connectivity index (χ0) is 23.1. The molecule has 0 bridgehead atoms. The molecule has 174 valence electrons. The lowest BCUT2D eigenvalue weighted by atomic mass is 10.1. The van der Waals surface area contributed by atoms with Gasteiger partial charge in [0, 0.05) is 44.7 Å². The van der Waals surface area contributed by atoms with E-state index in [4.69, 9.17) is 4.52 Å². The third-order valence-electron chi connectivity index (χ3n) is 5.72. The summed E-state index contributed by atoms with van der Waals surface area (Å²) in [4.78, 5) is 9.14. The molecule has 33 heavy (non-hydrogen) atoms. The number of hydrogen-bond acceptors (Lipinski definition) is 5. The fourth-order valence-electron chi connectivity index (χ4n) is 3.86. The number of piperazine rings is 1. The molecule has 0 radical (unpaired) electrons. The van der Waals surface area contributed by atoms with Crippen molar-refractivity contribution in [2.75, 3.05) is 39.3 Å². The van der Waals surface area contributed by atoms with E-state index in [1.807, 2.05) is 18.2 Å². The van der Waals surface area contributed by atoms with Crippen LogP contribution in [0, 0.1) is 0 Å². The first kappa shape index (κ1) is 23.2. The van der Waals surface area contributed by atoms with Crippen LogP contribution < -0.4 is 0 Å². The average molecular weight is 457 g/mol. The summed E-state index contributed by atoms with van der Waals surface area (Å²) < 4.78 is 44.0. The highest BCUT2D eigenvalue weighted by molar-refractivity contribution is 5.55. The Morgan fingerprint density at radius 3 is 2.45 bits per heavy atom. The van der Waals surface area contributed by atoms with Crippen molar-refractivity contribution in [1.82, 2.24) is 19.9 Å². The number of aromatic nitrogens is 2. The van der Waals surface area contributed by atoms with E-state index >= 15 is 0 Å². The van der Waals surface area contributed by atoms with Crippen LogP contribution in [0.25, 0.3) is 17.5 Å². The fraction of sp³-hybridized carbons (Fsp3) is 0.360. The first-order valence-corrected chi connectivity index (χ1v) is 11.1. The van der Waals surface area contributed by atoms with Crippen LogP contribution in [0.4, 0.5) is 13.2 Å². The maximum atomic E-state index is 12.9. The Labute approximate surface area is 191 Å². The molecule has 5 nitrogen and oxygen atoms in total. The van der Waals surface area contributed by atoms with Gasteiger partial charge in [-0.3, -0.25) is 4.90 Å². The highest BCUT2D eigenvalue weighted by atomic mass is 19.4. The van der Waals surface area contributed by atoms with Crippen molar-refractivity contribution in [3.63, 3.8) is 0 Å². The molecule has 0 saturated carbocycles. The number of nitrogens with zero attached hydrogens (tertiary/aromatic N) is 4. The molecule has 1 aliphatic heterocycles. The van der Waals surface area contributed by atoms with Gasteiger partial charge in [0.1, 0.15) is 0 Å². The lowest BCUT2D eigenvalue weighted by Gasteiger charge is -2.34. The molecular weight excluding hydrogens is 429 g/mol. The Morgan fingerprint density at radius 2 is 1.70 bits per heavy atom. The number of halogens is 3. The number of hydrogen-bond donors (Lipinski definition) is 0. The molecule has 0 aliphatic carbocycles. The smallest absolute Gasteiger partial charge is 0.339 e. The molecule has 1 aromatic heterocycles. The molecule has 0 unspecified atom stereocenters. The summed E-state index contributed by atoms with van der Waals surface area (Å²) >= 11 is 0. The molecule has 0 amide bonds. The molecule has 0 N–H and O–H groups in total. The minimum absolute atomic E-state index is 0.188. The molecule has 3 aromatic rings. The van der Waals surface area contributed by atoms with E-state index in [1.54, 1.807) is 6.07 Å². The van der Waals surface area contributed by atoms with Gasteiger partial charge < -0.3 is 9.42 Å². The van der Waals surface area contributed by atoms with Crippen molar-refractivity contribution in [3.05, 3.63) is 77.7 Å². The van der Waals surface area contributed by atoms with Crippen molar-refractivity contribution in [2.45, 2.75) is 19.0 Å². The van der Waals surface area contributed by atoms with Crippen molar-refractivity contribution in [3.8, 4) is 11.4 Å². The fourth-order valence-corrected chi connectivity index (χ4v) is 3.86. The van der Waals surface area contributed by atoms with E-state index in [0.717, 1.165) is 57.8 Å². The molecule has 4 rings (SSSR count). The van der Waals surface area contributed by atoms with Crippen LogP contribution in [0.5, 0.6) is 0 Å². The quantitative estimate of drug-likeness (QED) is 0.476. The monoisotopic (exact) mass is 456 g/mol. The predicted molar refractivity (Wildman–Crippen MR) is 121 cm³/mol. The minimum atomic E-state index is -4.40. The number of rotatable bonds is 8. The largest absolute Gasteiger partial charge is 0.416 e. The topological polar surface area (TPSA) is 45.4 Å². The van der Waals surface area contributed by atoms with E-state index < -0.39 is 11.7 Å². The van der Waals surface area contributed by atoms with Gasteiger partial charge in [-0.2, -0.15) is 18.2 Å². The van der Waals surface area contributed by atoms with Gasteiger partial charge in [-0.1, -0.05) is 59.8 Å². The second-order valence-electron chi connectivity index (χ2n) is 8.15. The van der Waals surface area contributed by atoms with Crippen LogP contribution in [0.15, 0.2) is 65.2 Å². The SMILES string of the molecule is FC(F)(F)c1cccc(-c2noc(CCCN3CCN(C/C=C/c4ccccc4)CC3)n2)c1. The number of alkyl halides is 3. The van der Waals surface area contributed by atoms with E-state index in [1.165, 1.54) is 11.6 Å². The van der Waals surface area contributed by atoms with Crippen molar-refractivity contribution in [1.29, 1.82) is 0 Å². The van der Waals surface area contributed by atoms with Gasteiger partial charge >= 0.3 is 6.18 Å². The minimum Gasteiger partial charge on any atom is -0.339 e. The van der Waals surface area contributed by atoms with E-state index in [2.05, 4.69) is 44.2 Å². The molecule has 1 saturated heterocycles. The molecule has 1 aliphatic rings. The van der Waals surface area contributed by atoms with Crippen molar-refractivity contribution in [2.24, 2.45) is 0 Å². The summed E-state index contributed by atoms with van der Waals surface area (Å²) in [6.45, 7) is 5.95. The van der Waals surface area contributed by atoms with Gasteiger partial charge in [-0.05, 0) is 30.7 Å². The molecule has 2 heterocycles. The summed E-state index contributed by atoms with van der Waals surface area (Å²) in [7, 11) is 0. The third-order valence-corrected chi connectivity index (χ3v) is 5.72. The molecule has 1 fully saturated rings. The van der Waals surface area contributed by atoms with Crippen molar-refractivity contribution < 1.29 is 17.7 Å². The highest BCUT2D eigenvalue weighted by Gasteiger charge is 2.30. The lowest BCUT2D eigenvalue weighted by Crippen LogP contribution is -2.46. The molecule has 2 aromatic carbocycles. The average Bonchev–Trinajstić information content (AvgIpc) is 3.29. The molecular formula is C25H27F3N4O. The van der Waals surface area contributed by atoms with Gasteiger partial charge in [0.2, 0.25) is 11.7 Å². The summed E-state index contributed by atoms with van der Waals surface area (Å²) in [6, 6.07) is 15.3. The maximum absolute atomic E-state index is 12.9. The highest BCUT2D eigenvalue weighted by Crippen LogP contribution is 2.31. The maximum Gasteiger partial charge on any atom is 0.416 e. The zero-order valence-corrected chi connectivity index (χ0v) is 18.3. The standard InChI is InChI=1S/C25H27F3N4O/c26-25(27,28)22-11-4-10-21(19-22)24-29-23(33-30-24)12-6-14-32-17-15-31(16-18-32)13-5-9-20-7-2-1-3-8-20/h1-5,7-11,19H,6,12-18H2/b9-5+. The lowest BCUT2D eigenvalue weighted by molar-refractivity contribution is -0.137. The summed E-state index contributed by atoms with van der Waals surface area (Å²) in [6.07, 6.45) is 1.43. The van der Waals surface area contributed by atoms with E-state index in [9.17, 15) is 13.2 Å². The Morgan fingerprint density at radius 1 is 0.939 bits per heavy atom. The van der Waals surface area contributed by atoms with Crippen LogP contribution in [-0.4, -0.2) is 59.2 Å². The summed E-state index contributed by atoms with van der Waals surface area (Å²) in [5, 5.41) is 3.86. The van der Waals surface area contributed by atoms with Crippen LogP contribution in [0.3, 0.4) is 0 Å². The zero-order valence-electron chi connectivity index (χ0n) is 18.3. The second-order valence-corrected chi connectivity index (χ2v) is 8.15. The number of benzene rings is 2. The summed E-state index contributed by atoms with van der Waals surface area (Å²) in [5.74, 6) is 0.639. The van der Waals surface area contributed by atoms with Crippen LogP contribution in [0.2, 0.25) is 0 Å². The van der Waals surface area contributed by atoms with Gasteiger partial charge in [0.15, 0.2) is 0 Å². The Kier molecular flexibility index (Phi) is 7.57. The van der Waals surface area contributed by atoms with Gasteiger partial charge in [0.05, 0.1) is 5.56 Å². The van der Waals surface area contributed by atoms with Gasteiger partial charge in [0.25, 0.3) is 0 Å². The van der Waals surface area contributed by atoms with E-state index in [0.29, 0.717) is 17.9 Å². The van der Waals surface area contributed by atoms with Crippen LogP contribution in [0.1, 0.15) is 23.4 Å². The Bertz CT molecular complexity index is 1040.